The zero-order chi connectivity index (χ0) is 12.4. The lowest BCUT2D eigenvalue weighted by molar-refractivity contribution is 0.103. The van der Waals surface area contributed by atoms with Crippen molar-refractivity contribution in [1.82, 2.24) is 0 Å². The summed E-state index contributed by atoms with van der Waals surface area (Å²) in [5.74, 6) is 0.108. The fraction of sp³-hybridized carbons (Fsp3) is 0.133. The molecular weight excluding hydrogens is 323 g/mol. The standard InChI is InChI=1S/C15H13IO/c1-10-6-3-4-8-12(10)15(17)13-9-5-7-11(2)14(13)16/h3-9H,1-2H3. The van der Waals surface area contributed by atoms with Gasteiger partial charge in [0.1, 0.15) is 0 Å². The van der Waals surface area contributed by atoms with E-state index in [0.29, 0.717) is 0 Å². The van der Waals surface area contributed by atoms with E-state index < -0.39 is 0 Å². The van der Waals surface area contributed by atoms with Crippen molar-refractivity contribution >= 4 is 28.4 Å². The minimum atomic E-state index is 0.108. The molecule has 2 rings (SSSR count). The van der Waals surface area contributed by atoms with E-state index in [-0.39, 0.29) is 5.78 Å². The van der Waals surface area contributed by atoms with E-state index in [9.17, 15) is 4.79 Å². The van der Waals surface area contributed by atoms with Gasteiger partial charge < -0.3 is 0 Å². The number of rotatable bonds is 2. The van der Waals surface area contributed by atoms with Crippen LogP contribution in [0.3, 0.4) is 0 Å². The molecule has 0 atom stereocenters. The molecule has 0 spiro atoms. The Morgan fingerprint density at radius 2 is 1.47 bits per heavy atom. The Morgan fingerprint density at radius 1 is 0.882 bits per heavy atom. The van der Waals surface area contributed by atoms with Crippen molar-refractivity contribution in [3.8, 4) is 0 Å². The predicted octanol–water partition coefficient (Wildman–Crippen LogP) is 4.14. The van der Waals surface area contributed by atoms with Crippen molar-refractivity contribution in [3.63, 3.8) is 0 Å². The van der Waals surface area contributed by atoms with Gasteiger partial charge in [0.15, 0.2) is 5.78 Å². The second-order valence-corrected chi connectivity index (χ2v) is 5.16. The average Bonchev–Trinajstić information content (AvgIpc) is 2.32. The fourth-order valence-electron chi connectivity index (χ4n) is 1.80. The monoisotopic (exact) mass is 336 g/mol. The Bertz CT molecular complexity index is 573. The number of hydrogen-bond donors (Lipinski definition) is 0. The first-order valence-electron chi connectivity index (χ1n) is 5.46. The third-order valence-electron chi connectivity index (χ3n) is 2.83. The average molecular weight is 336 g/mol. The molecule has 0 amide bonds. The maximum Gasteiger partial charge on any atom is 0.194 e. The van der Waals surface area contributed by atoms with Crippen LogP contribution in [0.2, 0.25) is 0 Å². The lowest BCUT2D eigenvalue weighted by Crippen LogP contribution is -2.06. The number of benzene rings is 2. The van der Waals surface area contributed by atoms with Crippen LogP contribution in [-0.2, 0) is 0 Å². The Labute approximate surface area is 115 Å². The minimum Gasteiger partial charge on any atom is -0.289 e. The van der Waals surface area contributed by atoms with Crippen molar-refractivity contribution in [3.05, 3.63) is 68.3 Å². The predicted molar refractivity (Wildman–Crippen MR) is 78.5 cm³/mol. The van der Waals surface area contributed by atoms with Crippen LogP contribution in [0.5, 0.6) is 0 Å². The maximum atomic E-state index is 12.4. The van der Waals surface area contributed by atoms with E-state index >= 15 is 0 Å². The van der Waals surface area contributed by atoms with Crippen molar-refractivity contribution in [2.75, 3.05) is 0 Å². The van der Waals surface area contributed by atoms with Gasteiger partial charge in [-0.2, -0.15) is 0 Å². The van der Waals surface area contributed by atoms with Gasteiger partial charge in [-0.3, -0.25) is 4.79 Å². The Kier molecular flexibility index (Phi) is 3.62. The molecule has 0 aliphatic heterocycles. The first-order valence-corrected chi connectivity index (χ1v) is 6.54. The molecule has 0 unspecified atom stereocenters. The molecule has 0 saturated carbocycles. The quantitative estimate of drug-likeness (QED) is 0.595. The molecule has 86 valence electrons. The maximum absolute atomic E-state index is 12.4. The molecule has 0 bridgehead atoms. The summed E-state index contributed by atoms with van der Waals surface area (Å²) >= 11 is 2.24. The number of hydrogen-bond acceptors (Lipinski definition) is 1. The van der Waals surface area contributed by atoms with Crippen LogP contribution in [0, 0.1) is 17.4 Å². The normalized spacial score (nSPS) is 10.3. The molecule has 0 radical (unpaired) electrons. The lowest BCUT2D eigenvalue weighted by Gasteiger charge is -2.08. The van der Waals surface area contributed by atoms with E-state index in [4.69, 9.17) is 0 Å². The van der Waals surface area contributed by atoms with Crippen molar-refractivity contribution in [1.29, 1.82) is 0 Å². The molecule has 0 N–H and O–H groups in total. The zero-order valence-electron chi connectivity index (χ0n) is 9.83. The highest BCUT2D eigenvalue weighted by atomic mass is 127. The summed E-state index contributed by atoms with van der Waals surface area (Å²) in [6.45, 7) is 3.99. The highest BCUT2D eigenvalue weighted by Gasteiger charge is 2.14. The van der Waals surface area contributed by atoms with Gasteiger partial charge in [0.25, 0.3) is 0 Å². The van der Waals surface area contributed by atoms with E-state index in [0.717, 1.165) is 25.8 Å². The number of carbonyl (C=O) groups excluding carboxylic acids is 1. The number of aryl methyl sites for hydroxylation is 2. The van der Waals surface area contributed by atoms with Crippen LogP contribution < -0.4 is 0 Å². The number of carbonyl (C=O) groups is 1. The zero-order valence-corrected chi connectivity index (χ0v) is 12.0. The van der Waals surface area contributed by atoms with E-state index in [1.54, 1.807) is 0 Å². The second-order valence-electron chi connectivity index (χ2n) is 4.08. The molecule has 1 nitrogen and oxygen atoms in total. The van der Waals surface area contributed by atoms with E-state index in [1.807, 2.05) is 56.3 Å². The van der Waals surface area contributed by atoms with Crippen LogP contribution in [0.1, 0.15) is 27.0 Å². The molecule has 2 aromatic rings. The van der Waals surface area contributed by atoms with Gasteiger partial charge in [-0.05, 0) is 53.6 Å². The van der Waals surface area contributed by atoms with Crippen LogP contribution in [0.15, 0.2) is 42.5 Å². The third kappa shape index (κ3) is 2.41. The largest absolute Gasteiger partial charge is 0.289 e. The van der Waals surface area contributed by atoms with Crippen LogP contribution in [0.4, 0.5) is 0 Å². The first-order chi connectivity index (χ1) is 8.11. The Balaban J connectivity index is 2.52. The number of halogens is 1. The van der Waals surface area contributed by atoms with Crippen LogP contribution in [0.25, 0.3) is 0 Å². The van der Waals surface area contributed by atoms with E-state index in [1.165, 1.54) is 0 Å². The molecule has 17 heavy (non-hydrogen) atoms. The first kappa shape index (κ1) is 12.3. The molecule has 0 aliphatic carbocycles. The number of ketones is 1. The Hall–Kier alpha value is -1.16. The van der Waals surface area contributed by atoms with Crippen LogP contribution in [-0.4, -0.2) is 5.78 Å². The van der Waals surface area contributed by atoms with Gasteiger partial charge in [0.05, 0.1) is 0 Å². The van der Waals surface area contributed by atoms with Gasteiger partial charge in [-0.15, -0.1) is 0 Å². The van der Waals surface area contributed by atoms with Gasteiger partial charge >= 0.3 is 0 Å². The van der Waals surface area contributed by atoms with Gasteiger partial charge in [0.2, 0.25) is 0 Å². The highest BCUT2D eigenvalue weighted by Crippen LogP contribution is 2.21. The molecule has 2 aromatic carbocycles. The molecule has 0 fully saturated rings. The van der Waals surface area contributed by atoms with Gasteiger partial charge in [-0.25, -0.2) is 0 Å². The summed E-state index contributed by atoms with van der Waals surface area (Å²) in [5, 5.41) is 0. The summed E-state index contributed by atoms with van der Waals surface area (Å²) in [7, 11) is 0. The van der Waals surface area contributed by atoms with Crippen LogP contribution >= 0.6 is 22.6 Å². The minimum absolute atomic E-state index is 0.108. The molecule has 0 aliphatic rings. The van der Waals surface area contributed by atoms with E-state index in [2.05, 4.69) is 22.6 Å². The highest BCUT2D eigenvalue weighted by molar-refractivity contribution is 14.1. The van der Waals surface area contributed by atoms with Gasteiger partial charge in [-0.1, -0.05) is 36.4 Å². The summed E-state index contributed by atoms with van der Waals surface area (Å²) in [5.41, 5.74) is 3.75. The Morgan fingerprint density at radius 3 is 2.18 bits per heavy atom. The molecule has 0 aromatic heterocycles. The second kappa shape index (κ2) is 5.00. The SMILES string of the molecule is Cc1ccccc1C(=O)c1cccc(C)c1I. The summed E-state index contributed by atoms with van der Waals surface area (Å²) in [6, 6.07) is 13.6. The van der Waals surface area contributed by atoms with Crippen molar-refractivity contribution in [2.45, 2.75) is 13.8 Å². The summed E-state index contributed by atoms with van der Waals surface area (Å²) in [6.07, 6.45) is 0. The van der Waals surface area contributed by atoms with Crippen molar-refractivity contribution in [2.24, 2.45) is 0 Å². The molecular formula is C15H13IO. The summed E-state index contributed by atoms with van der Waals surface area (Å²) < 4.78 is 1.04. The summed E-state index contributed by atoms with van der Waals surface area (Å²) in [4.78, 5) is 12.4. The lowest BCUT2D eigenvalue weighted by atomic mass is 9.98. The third-order valence-corrected chi connectivity index (χ3v) is 4.26. The molecule has 0 heterocycles. The molecule has 2 heteroatoms. The fourth-order valence-corrected chi connectivity index (χ4v) is 2.40. The molecule has 0 saturated heterocycles. The van der Waals surface area contributed by atoms with Gasteiger partial charge in [0, 0.05) is 14.7 Å². The smallest absolute Gasteiger partial charge is 0.194 e. The van der Waals surface area contributed by atoms with Crippen molar-refractivity contribution < 1.29 is 4.79 Å². The topological polar surface area (TPSA) is 17.1 Å².